The average molecular weight is 308 g/mol. The molecule has 1 fully saturated rings. The van der Waals surface area contributed by atoms with Gasteiger partial charge in [-0.15, -0.1) is 11.3 Å². The predicted molar refractivity (Wildman–Crippen MR) is 81.1 cm³/mol. The number of hydrogen-bond donors (Lipinski definition) is 1. The van der Waals surface area contributed by atoms with Crippen molar-refractivity contribution in [2.24, 2.45) is 5.92 Å². The third-order valence-electron chi connectivity index (χ3n) is 3.46. The summed E-state index contributed by atoms with van der Waals surface area (Å²) in [5.74, 6) is 0.316. The van der Waals surface area contributed by atoms with E-state index in [9.17, 15) is 9.90 Å². The molecule has 1 amide bonds. The van der Waals surface area contributed by atoms with Gasteiger partial charge >= 0.3 is 0 Å². The van der Waals surface area contributed by atoms with Gasteiger partial charge in [0.05, 0.1) is 12.3 Å². The number of thiazole rings is 1. The molecule has 0 aliphatic heterocycles. The maximum Gasteiger partial charge on any atom is 0.265 e. The summed E-state index contributed by atoms with van der Waals surface area (Å²) < 4.78 is 0. The van der Waals surface area contributed by atoms with Crippen LogP contribution in [0.25, 0.3) is 10.6 Å². The number of thiophene rings is 1. The van der Waals surface area contributed by atoms with Crippen LogP contribution in [0.15, 0.2) is 23.0 Å². The minimum atomic E-state index is -0.395. The molecular weight excluding hydrogens is 292 g/mol. The van der Waals surface area contributed by atoms with Crippen LogP contribution in [-0.4, -0.2) is 40.6 Å². The molecule has 1 saturated carbocycles. The molecule has 1 unspecified atom stereocenters. The lowest BCUT2D eigenvalue weighted by Gasteiger charge is -2.19. The van der Waals surface area contributed by atoms with Gasteiger partial charge in [-0.3, -0.25) is 4.79 Å². The summed E-state index contributed by atoms with van der Waals surface area (Å²) in [5, 5.41) is 14.8. The normalized spacial score (nSPS) is 16.1. The Bertz CT molecular complexity index is 590. The molecule has 2 aromatic rings. The molecule has 0 aromatic carbocycles. The van der Waals surface area contributed by atoms with Crippen LogP contribution in [0.2, 0.25) is 0 Å². The molecule has 3 rings (SSSR count). The van der Waals surface area contributed by atoms with Crippen molar-refractivity contribution in [1.82, 2.24) is 9.88 Å². The van der Waals surface area contributed by atoms with Gasteiger partial charge in [0.1, 0.15) is 9.88 Å². The fourth-order valence-electron chi connectivity index (χ4n) is 2.07. The number of rotatable bonds is 5. The largest absolute Gasteiger partial charge is 0.391 e. The molecule has 1 aliphatic rings. The minimum Gasteiger partial charge on any atom is -0.391 e. The van der Waals surface area contributed by atoms with Crippen molar-refractivity contribution in [3.8, 4) is 10.6 Å². The zero-order chi connectivity index (χ0) is 14.1. The fourth-order valence-corrected chi connectivity index (χ4v) is 3.70. The highest BCUT2D eigenvalue weighted by atomic mass is 32.1. The van der Waals surface area contributed by atoms with E-state index in [1.807, 2.05) is 16.8 Å². The van der Waals surface area contributed by atoms with Crippen molar-refractivity contribution in [2.75, 3.05) is 13.6 Å². The smallest absolute Gasteiger partial charge is 0.265 e. The second-order valence-corrected chi connectivity index (χ2v) is 6.94. The molecular formula is C14H16N2O2S2. The minimum absolute atomic E-state index is 0.0660. The lowest BCUT2D eigenvalue weighted by atomic mass is 10.2. The molecule has 0 radical (unpaired) electrons. The molecule has 106 valence electrons. The van der Waals surface area contributed by atoms with Crippen LogP contribution in [0.3, 0.4) is 0 Å². The maximum atomic E-state index is 12.3. The Hall–Kier alpha value is -1.24. The second kappa shape index (κ2) is 5.63. The second-order valence-electron chi connectivity index (χ2n) is 5.13. The Morgan fingerprint density at radius 3 is 3.05 bits per heavy atom. The van der Waals surface area contributed by atoms with Crippen LogP contribution in [0.4, 0.5) is 0 Å². The number of hydrogen-bond acceptors (Lipinski definition) is 5. The van der Waals surface area contributed by atoms with Crippen molar-refractivity contribution in [2.45, 2.75) is 18.9 Å². The van der Waals surface area contributed by atoms with Gasteiger partial charge < -0.3 is 10.0 Å². The van der Waals surface area contributed by atoms with Crippen LogP contribution in [-0.2, 0) is 0 Å². The van der Waals surface area contributed by atoms with E-state index < -0.39 is 6.10 Å². The maximum absolute atomic E-state index is 12.3. The molecule has 0 spiro atoms. The van der Waals surface area contributed by atoms with Crippen LogP contribution >= 0.6 is 22.7 Å². The van der Waals surface area contributed by atoms with Gasteiger partial charge in [0.15, 0.2) is 0 Å². The van der Waals surface area contributed by atoms with Crippen molar-refractivity contribution in [1.29, 1.82) is 0 Å². The Kier molecular flexibility index (Phi) is 3.87. The SMILES string of the molecule is CN(CC(O)C1CC1)C(=O)c1cnc(-c2ccsc2)s1. The highest BCUT2D eigenvalue weighted by Crippen LogP contribution is 2.33. The Morgan fingerprint density at radius 2 is 2.40 bits per heavy atom. The summed E-state index contributed by atoms with van der Waals surface area (Å²) in [6, 6.07) is 2.00. The van der Waals surface area contributed by atoms with Gasteiger partial charge in [0.25, 0.3) is 5.91 Å². The molecule has 0 saturated heterocycles. The first-order chi connectivity index (χ1) is 9.65. The van der Waals surface area contributed by atoms with E-state index in [0.717, 1.165) is 23.4 Å². The highest BCUT2D eigenvalue weighted by Gasteiger charge is 2.31. The summed E-state index contributed by atoms with van der Waals surface area (Å²) in [6.07, 6.45) is 3.38. The molecule has 6 heteroatoms. The zero-order valence-electron chi connectivity index (χ0n) is 11.2. The number of carbonyl (C=O) groups is 1. The van der Waals surface area contributed by atoms with E-state index in [2.05, 4.69) is 4.98 Å². The first kappa shape index (κ1) is 13.7. The van der Waals surface area contributed by atoms with E-state index in [1.54, 1.807) is 29.5 Å². The highest BCUT2D eigenvalue weighted by molar-refractivity contribution is 7.17. The lowest BCUT2D eigenvalue weighted by molar-refractivity contribution is 0.0649. The van der Waals surface area contributed by atoms with Gasteiger partial charge in [0.2, 0.25) is 0 Å². The molecule has 1 aliphatic carbocycles. The predicted octanol–water partition coefficient (Wildman–Crippen LogP) is 2.71. The third kappa shape index (κ3) is 2.92. The molecule has 2 aromatic heterocycles. The Balaban J connectivity index is 1.67. The van der Waals surface area contributed by atoms with Gasteiger partial charge in [0, 0.05) is 24.5 Å². The standard InChI is InChI=1S/C14H16N2O2S2/c1-16(7-11(17)9-2-3-9)14(18)12-6-15-13(20-12)10-4-5-19-8-10/h4-6,8-9,11,17H,2-3,7H2,1H3. The monoisotopic (exact) mass is 308 g/mol. The quantitative estimate of drug-likeness (QED) is 0.924. The van der Waals surface area contributed by atoms with Crippen molar-refractivity contribution in [3.05, 3.63) is 27.9 Å². The molecule has 1 atom stereocenters. The molecule has 1 N–H and O–H groups in total. The average Bonchev–Trinajstić information content (AvgIpc) is 2.95. The number of likely N-dealkylation sites (N-methyl/N-ethyl adjacent to an activating group) is 1. The third-order valence-corrected chi connectivity index (χ3v) is 5.18. The van der Waals surface area contributed by atoms with Crippen molar-refractivity contribution in [3.63, 3.8) is 0 Å². The van der Waals surface area contributed by atoms with Crippen LogP contribution in [0.5, 0.6) is 0 Å². The van der Waals surface area contributed by atoms with Crippen LogP contribution in [0.1, 0.15) is 22.5 Å². The lowest BCUT2D eigenvalue weighted by Crippen LogP contribution is -2.34. The van der Waals surface area contributed by atoms with E-state index in [0.29, 0.717) is 17.3 Å². The van der Waals surface area contributed by atoms with Gasteiger partial charge in [-0.2, -0.15) is 11.3 Å². The van der Waals surface area contributed by atoms with E-state index in [4.69, 9.17) is 0 Å². The van der Waals surface area contributed by atoms with Gasteiger partial charge in [-0.25, -0.2) is 4.98 Å². The summed E-state index contributed by atoms with van der Waals surface area (Å²) in [4.78, 5) is 18.8. The van der Waals surface area contributed by atoms with Crippen LogP contribution < -0.4 is 0 Å². The zero-order valence-corrected chi connectivity index (χ0v) is 12.8. The first-order valence-corrected chi connectivity index (χ1v) is 8.33. The van der Waals surface area contributed by atoms with Crippen LogP contribution in [0, 0.1) is 5.92 Å². The number of aliphatic hydroxyl groups excluding tert-OH is 1. The summed E-state index contributed by atoms with van der Waals surface area (Å²) >= 11 is 3.02. The molecule has 4 nitrogen and oxygen atoms in total. The number of aliphatic hydroxyl groups is 1. The first-order valence-electron chi connectivity index (χ1n) is 6.57. The van der Waals surface area contributed by atoms with E-state index >= 15 is 0 Å². The van der Waals surface area contributed by atoms with Crippen molar-refractivity contribution < 1.29 is 9.90 Å². The molecule has 2 heterocycles. The summed E-state index contributed by atoms with van der Waals surface area (Å²) in [6.45, 7) is 0.398. The summed E-state index contributed by atoms with van der Waals surface area (Å²) in [5.41, 5.74) is 1.06. The number of carbonyl (C=O) groups excluding carboxylic acids is 1. The van der Waals surface area contributed by atoms with E-state index in [-0.39, 0.29) is 5.91 Å². The van der Waals surface area contributed by atoms with E-state index in [1.165, 1.54) is 11.3 Å². The Morgan fingerprint density at radius 1 is 1.60 bits per heavy atom. The van der Waals surface area contributed by atoms with Crippen molar-refractivity contribution >= 4 is 28.6 Å². The van der Waals surface area contributed by atoms with Gasteiger partial charge in [-0.05, 0) is 30.2 Å². The fraction of sp³-hybridized carbons (Fsp3) is 0.429. The summed E-state index contributed by atoms with van der Waals surface area (Å²) in [7, 11) is 1.73. The number of amides is 1. The topological polar surface area (TPSA) is 53.4 Å². The van der Waals surface area contributed by atoms with Gasteiger partial charge in [-0.1, -0.05) is 0 Å². The number of nitrogens with zero attached hydrogens (tertiary/aromatic N) is 2. The Labute approximate surface area is 125 Å². The molecule has 20 heavy (non-hydrogen) atoms. The number of aromatic nitrogens is 1. The molecule has 0 bridgehead atoms.